The molecule has 0 bridgehead atoms. The second kappa shape index (κ2) is 5.89. The first kappa shape index (κ1) is 14.1. The number of benzene rings is 1. The minimum Gasteiger partial charge on any atom is -0.462 e. The van der Waals surface area contributed by atoms with E-state index in [-0.39, 0.29) is 5.97 Å². The largest absolute Gasteiger partial charge is 0.462 e. The summed E-state index contributed by atoms with van der Waals surface area (Å²) < 4.78 is 5.06. The van der Waals surface area contributed by atoms with Crippen LogP contribution in [0, 0.1) is 6.92 Å². The maximum Gasteiger partial charge on any atom is 0.338 e. The average molecular weight is 293 g/mol. The van der Waals surface area contributed by atoms with Crippen LogP contribution in [0.1, 0.15) is 23.0 Å². The molecule has 0 saturated carbocycles. The smallest absolute Gasteiger partial charge is 0.338 e. The van der Waals surface area contributed by atoms with Crippen molar-refractivity contribution in [1.29, 1.82) is 0 Å². The summed E-state index contributed by atoms with van der Waals surface area (Å²) in [6.45, 7) is 4.07. The van der Waals surface area contributed by atoms with E-state index in [1.54, 1.807) is 25.4 Å². The van der Waals surface area contributed by atoms with E-state index in [2.05, 4.69) is 15.0 Å². The average Bonchev–Trinajstić information content (AvgIpc) is 2.54. The maximum atomic E-state index is 11.9. The minimum atomic E-state index is -0.333. The van der Waals surface area contributed by atoms with Crippen LogP contribution in [-0.2, 0) is 4.74 Å². The zero-order valence-corrected chi connectivity index (χ0v) is 12.4. The van der Waals surface area contributed by atoms with Gasteiger partial charge in [-0.1, -0.05) is 0 Å². The number of hydrogen-bond acceptors (Lipinski definition) is 5. The summed E-state index contributed by atoms with van der Waals surface area (Å²) in [5.74, 6) is -0.333. The molecule has 2 aromatic heterocycles. The van der Waals surface area contributed by atoms with Gasteiger partial charge in [0, 0.05) is 29.0 Å². The van der Waals surface area contributed by atoms with Gasteiger partial charge in [0.2, 0.25) is 0 Å². The van der Waals surface area contributed by atoms with Crippen molar-refractivity contribution >= 4 is 16.9 Å². The van der Waals surface area contributed by atoms with E-state index in [1.165, 1.54) is 6.33 Å². The third-order valence-corrected chi connectivity index (χ3v) is 3.32. The molecule has 0 N–H and O–H groups in total. The van der Waals surface area contributed by atoms with E-state index in [9.17, 15) is 4.79 Å². The van der Waals surface area contributed by atoms with Gasteiger partial charge >= 0.3 is 5.97 Å². The number of pyridine rings is 1. The van der Waals surface area contributed by atoms with Crippen LogP contribution in [0.5, 0.6) is 0 Å². The lowest BCUT2D eigenvalue weighted by atomic mass is 10.0. The highest BCUT2D eigenvalue weighted by Crippen LogP contribution is 2.28. The van der Waals surface area contributed by atoms with E-state index >= 15 is 0 Å². The topological polar surface area (TPSA) is 65.0 Å². The van der Waals surface area contributed by atoms with Crippen molar-refractivity contribution < 1.29 is 9.53 Å². The van der Waals surface area contributed by atoms with Crippen LogP contribution in [0.2, 0.25) is 0 Å². The van der Waals surface area contributed by atoms with Crippen molar-refractivity contribution in [1.82, 2.24) is 15.0 Å². The highest BCUT2D eigenvalue weighted by atomic mass is 16.5. The highest BCUT2D eigenvalue weighted by Gasteiger charge is 2.12. The van der Waals surface area contributed by atoms with Crippen molar-refractivity contribution in [2.75, 3.05) is 6.61 Å². The van der Waals surface area contributed by atoms with E-state index in [4.69, 9.17) is 4.74 Å². The number of nitrogens with zero attached hydrogens (tertiary/aromatic N) is 3. The fourth-order valence-corrected chi connectivity index (χ4v) is 2.38. The lowest BCUT2D eigenvalue weighted by molar-refractivity contribution is 0.0526. The maximum absolute atomic E-state index is 11.9. The van der Waals surface area contributed by atoms with Crippen LogP contribution in [-0.4, -0.2) is 27.5 Å². The Labute approximate surface area is 128 Å². The first-order valence-corrected chi connectivity index (χ1v) is 7.03. The lowest BCUT2D eigenvalue weighted by Gasteiger charge is -2.09. The molecule has 5 nitrogen and oxygen atoms in total. The molecule has 0 spiro atoms. The zero-order valence-electron chi connectivity index (χ0n) is 12.4. The molecular weight excluding hydrogens is 278 g/mol. The van der Waals surface area contributed by atoms with Crippen molar-refractivity contribution in [3.8, 4) is 11.1 Å². The molecule has 2 heterocycles. The molecule has 0 amide bonds. The van der Waals surface area contributed by atoms with Gasteiger partial charge in [0.15, 0.2) is 0 Å². The van der Waals surface area contributed by atoms with Crippen molar-refractivity contribution in [2.24, 2.45) is 0 Å². The number of ether oxygens (including phenoxy) is 1. The zero-order chi connectivity index (χ0) is 15.5. The Morgan fingerprint density at radius 3 is 2.68 bits per heavy atom. The molecule has 0 radical (unpaired) electrons. The van der Waals surface area contributed by atoms with Gasteiger partial charge < -0.3 is 4.74 Å². The number of esters is 1. The summed E-state index contributed by atoms with van der Waals surface area (Å²) in [5, 5.41) is 0.881. The molecule has 0 saturated heterocycles. The fraction of sp³-hybridized carbons (Fsp3) is 0.176. The van der Waals surface area contributed by atoms with Gasteiger partial charge in [-0.25, -0.2) is 14.8 Å². The quantitative estimate of drug-likeness (QED) is 0.694. The molecule has 1 aromatic carbocycles. The van der Waals surface area contributed by atoms with Crippen molar-refractivity contribution in [3.63, 3.8) is 0 Å². The molecule has 0 unspecified atom stereocenters. The van der Waals surface area contributed by atoms with Crippen LogP contribution in [0.25, 0.3) is 22.0 Å². The Kier molecular flexibility index (Phi) is 3.78. The molecule has 0 aliphatic heterocycles. The van der Waals surface area contributed by atoms with Gasteiger partial charge in [-0.3, -0.25) is 4.98 Å². The normalized spacial score (nSPS) is 10.6. The molecule has 0 fully saturated rings. The molecule has 110 valence electrons. The number of aromatic nitrogens is 3. The van der Waals surface area contributed by atoms with Crippen LogP contribution >= 0.6 is 0 Å². The second-order valence-electron chi connectivity index (χ2n) is 4.89. The summed E-state index contributed by atoms with van der Waals surface area (Å²) in [7, 11) is 0. The third-order valence-electron chi connectivity index (χ3n) is 3.32. The fourth-order valence-electron chi connectivity index (χ4n) is 2.38. The predicted octanol–water partition coefficient (Wildman–Crippen LogP) is 3.18. The predicted molar refractivity (Wildman–Crippen MR) is 83.5 cm³/mol. The molecule has 0 atom stereocenters. The first-order valence-electron chi connectivity index (χ1n) is 7.03. The van der Waals surface area contributed by atoms with E-state index < -0.39 is 0 Å². The molecule has 0 aliphatic rings. The van der Waals surface area contributed by atoms with Crippen LogP contribution < -0.4 is 0 Å². The van der Waals surface area contributed by atoms with Gasteiger partial charge in [0.1, 0.15) is 6.33 Å². The second-order valence-corrected chi connectivity index (χ2v) is 4.89. The summed E-state index contributed by atoms with van der Waals surface area (Å²) >= 11 is 0. The number of rotatable bonds is 3. The van der Waals surface area contributed by atoms with Gasteiger partial charge in [-0.2, -0.15) is 0 Å². The van der Waals surface area contributed by atoms with Crippen LogP contribution in [0.3, 0.4) is 0 Å². The molecule has 0 aliphatic carbocycles. The van der Waals surface area contributed by atoms with Gasteiger partial charge in [0.05, 0.1) is 17.7 Å². The molecular formula is C17H15N3O2. The van der Waals surface area contributed by atoms with E-state index in [0.717, 1.165) is 27.7 Å². The number of hydrogen-bond donors (Lipinski definition) is 0. The standard InChI is InChI=1S/C17H15N3O2/c1-3-22-17(21)12-4-5-16-15(7-12)14(6-11(2)20-16)13-8-18-10-19-9-13/h4-10H,3H2,1-2H3. The molecule has 3 rings (SSSR count). The molecule has 22 heavy (non-hydrogen) atoms. The first-order chi connectivity index (χ1) is 10.7. The monoisotopic (exact) mass is 293 g/mol. The Morgan fingerprint density at radius 2 is 1.95 bits per heavy atom. The van der Waals surface area contributed by atoms with Crippen LogP contribution in [0.15, 0.2) is 43.0 Å². The SMILES string of the molecule is CCOC(=O)c1ccc2nc(C)cc(-c3cncnc3)c2c1. The Morgan fingerprint density at radius 1 is 1.18 bits per heavy atom. The summed E-state index contributed by atoms with van der Waals surface area (Å²) in [4.78, 5) is 24.6. The third kappa shape index (κ3) is 2.65. The van der Waals surface area contributed by atoms with Gasteiger partial charge in [-0.05, 0) is 43.7 Å². The van der Waals surface area contributed by atoms with E-state index in [1.807, 2.05) is 25.1 Å². The summed E-state index contributed by atoms with van der Waals surface area (Å²) in [6.07, 6.45) is 4.99. The van der Waals surface area contributed by atoms with Crippen molar-refractivity contribution in [2.45, 2.75) is 13.8 Å². The molecule has 3 aromatic rings. The van der Waals surface area contributed by atoms with Crippen LogP contribution in [0.4, 0.5) is 0 Å². The molecule has 5 heteroatoms. The number of carbonyl (C=O) groups excluding carboxylic acids is 1. The Hall–Kier alpha value is -2.82. The van der Waals surface area contributed by atoms with Gasteiger partial charge in [-0.15, -0.1) is 0 Å². The highest BCUT2D eigenvalue weighted by molar-refractivity contribution is 6.00. The van der Waals surface area contributed by atoms with E-state index in [0.29, 0.717) is 12.2 Å². The minimum absolute atomic E-state index is 0.333. The Balaban J connectivity index is 2.22. The number of fused-ring (bicyclic) bond motifs is 1. The summed E-state index contributed by atoms with van der Waals surface area (Å²) in [5.41, 5.74) is 4.08. The Bertz CT molecular complexity index is 832. The van der Waals surface area contributed by atoms with Gasteiger partial charge in [0.25, 0.3) is 0 Å². The number of aryl methyl sites for hydroxylation is 1. The lowest BCUT2D eigenvalue weighted by Crippen LogP contribution is -2.04. The van der Waals surface area contributed by atoms with Crippen molar-refractivity contribution in [3.05, 3.63) is 54.2 Å². The number of carbonyl (C=O) groups is 1. The summed E-state index contributed by atoms with van der Waals surface area (Å²) in [6, 6.07) is 7.35.